The molecule has 5 heteroatoms. The number of likely N-dealkylation sites (N-methyl/N-ethyl adjacent to an activating group) is 1. The third-order valence-corrected chi connectivity index (χ3v) is 3.53. The van der Waals surface area contributed by atoms with Crippen LogP contribution in [0.3, 0.4) is 0 Å². The largest absolute Gasteiger partial charge is 0.492 e. The zero-order valence-electron chi connectivity index (χ0n) is 12.8. The second-order valence-corrected chi connectivity index (χ2v) is 5.41. The number of aryl methyl sites for hydroxylation is 1. The summed E-state index contributed by atoms with van der Waals surface area (Å²) in [4.78, 5) is 13.8. The van der Waals surface area contributed by atoms with E-state index in [1.165, 1.54) is 5.56 Å². The van der Waals surface area contributed by atoms with Crippen LogP contribution in [0.4, 0.5) is 0 Å². The number of amides is 1. The van der Waals surface area contributed by atoms with Gasteiger partial charge in [-0.2, -0.15) is 0 Å². The van der Waals surface area contributed by atoms with Crippen LogP contribution in [0.2, 0.25) is 0 Å². The molecule has 1 atom stereocenters. The van der Waals surface area contributed by atoms with Gasteiger partial charge >= 0.3 is 0 Å². The van der Waals surface area contributed by atoms with Crippen molar-refractivity contribution in [2.24, 2.45) is 0 Å². The third kappa shape index (κ3) is 5.36. The summed E-state index contributed by atoms with van der Waals surface area (Å²) in [7, 11) is 1.81. The molecular formula is C16H24N2O3. The van der Waals surface area contributed by atoms with Crippen LogP contribution in [0.15, 0.2) is 24.3 Å². The molecule has 1 fully saturated rings. The minimum atomic E-state index is 0.117. The number of carbonyl (C=O) groups excluding carboxylic acids is 1. The molecule has 0 aromatic heterocycles. The van der Waals surface area contributed by atoms with Crippen molar-refractivity contribution in [2.45, 2.75) is 19.4 Å². The van der Waals surface area contributed by atoms with Crippen LogP contribution in [0, 0.1) is 6.92 Å². The molecule has 1 aliphatic rings. The van der Waals surface area contributed by atoms with Crippen molar-refractivity contribution < 1.29 is 14.3 Å². The van der Waals surface area contributed by atoms with E-state index >= 15 is 0 Å². The summed E-state index contributed by atoms with van der Waals surface area (Å²) in [5.41, 5.74) is 1.17. The number of ether oxygens (including phenoxy) is 2. The van der Waals surface area contributed by atoms with Crippen LogP contribution in [-0.2, 0) is 9.53 Å². The van der Waals surface area contributed by atoms with Gasteiger partial charge in [0.05, 0.1) is 19.8 Å². The summed E-state index contributed by atoms with van der Waals surface area (Å²) in [5.74, 6) is 0.962. The van der Waals surface area contributed by atoms with Crippen molar-refractivity contribution >= 4 is 5.91 Å². The molecule has 116 valence electrons. The number of benzene rings is 1. The Morgan fingerprint density at radius 1 is 1.52 bits per heavy atom. The first kappa shape index (κ1) is 15.8. The molecule has 1 heterocycles. The van der Waals surface area contributed by atoms with Gasteiger partial charge in [-0.05, 0) is 24.6 Å². The Kier molecular flexibility index (Phi) is 6.02. The summed E-state index contributed by atoms with van der Waals surface area (Å²) in [6, 6.07) is 8.05. The first-order valence-electron chi connectivity index (χ1n) is 7.39. The van der Waals surface area contributed by atoms with E-state index in [1.807, 2.05) is 38.2 Å². The van der Waals surface area contributed by atoms with Gasteiger partial charge in [-0.15, -0.1) is 0 Å². The molecular weight excluding hydrogens is 268 g/mol. The lowest BCUT2D eigenvalue weighted by atomic mass is 10.2. The molecule has 0 radical (unpaired) electrons. The smallest absolute Gasteiger partial charge is 0.224 e. The van der Waals surface area contributed by atoms with E-state index in [2.05, 4.69) is 5.32 Å². The van der Waals surface area contributed by atoms with Crippen molar-refractivity contribution in [3.63, 3.8) is 0 Å². The third-order valence-electron chi connectivity index (χ3n) is 3.53. The Morgan fingerprint density at radius 3 is 3.10 bits per heavy atom. The van der Waals surface area contributed by atoms with Crippen molar-refractivity contribution in [3.05, 3.63) is 29.8 Å². The van der Waals surface area contributed by atoms with Gasteiger partial charge in [0.15, 0.2) is 0 Å². The summed E-state index contributed by atoms with van der Waals surface area (Å²) < 4.78 is 11.0. The van der Waals surface area contributed by atoms with E-state index in [9.17, 15) is 4.79 Å². The Morgan fingerprint density at radius 2 is 2.38 bits per heavy atom. The maximum Gasteiger partial charge on any atom is 0.224 e. The molecule has 1 N–H and O–H groups in total. The molecule has 1 aliphatic heterocycles. The van der Waals surface area contributed by atoms with Gasteiger partial charge in [0.2, 0.25) is 5.91 Å². The maximum atomic E-state index is 12.1. The fourth-order valence-electron chi connectivity index (χ4n) is 2.25. The second kappa shape index (κ2) is 8.00. The quantitative estimate of drug-likeness (QED) is 0.856. The van der Waals surface area contributed by atoms with Gasteiger partial charge in [0.25, 0.3) is 0 Å². The Hall–Kier alpha value is -1.59. The highest BCUT2D eigenvalue weighted by molar-refractivity contribution is 5.76. The SMILES string of the molecule is Cc1cccc(OCCN(C)C(=O)CC2COCCN2)c1. The van der Waals surface area contributed by atoms with E-state index < -0.39 is 0 Å². The van der Waals surface area contributed by atoms with Crippen LogP contribution in [0.25, 0.3) is 0 Å². The van der Waals surface area contributed by atoms with Crippen molar-refractivity contribution in [2.75, 3.05) is 40.0 Å². The highest BCUT2D eigenvalue weighted by Gasteiger charge is 2.19. The molecule has 1 amide bonds. The fraction of sp³-hybridized carbons (Fsp3) is 0.562. The normalized spacial score (nSPS) is 18.3. The Balaban J connectivity index is 1.68. The van der Waals surface area contributed by atoms with Crippen LogP contribution < -0.4 is 10.1 Å². The lowest BCUT2D eigenvalue weighted by Gasteiger charge is -2.25. The number of nitrogens with zero attached hydrogens (tertiary/aromatic N) is 1. The number of rotatable bonds is 6. The summed E-state index contributed by atoms with van der Waals surface area (Å²) in [6.07, 6.45) is 0.473. The topological polar surface area (TPSA) is 50.8 Å². The molecule has 1 aromatic rings. The Bertz CT molecular complexity index is 459. The second-order valence-electron chi connectivity index (χ2n) is 5.41. The standard InChI is InChI=1S/C16H24N2O3/c1-13-4-3-5-15(10-13)21-9-7-18(2)16(19)11-14-12-20-8-6-17-14/h3-5,10,14,17H,6-9,11-12H2,1-2H3. The average molecular weight is 292 g/mol. The predicted octanol–water partition coefficient (Wildman–Crippen LogP) is 1.21. The maximum absolute atomic E-state index is 12.1. The van der Waals surface area contributed by atoms with Gasteiger partial charge in [-0.25, -0.2) is 0 Å². The molecule has 5 nitrogen and oxygen atoms in total. The lowest BCUT2D eigenvalue weighted by Crippen LogP contribution is -2.45. The van der Waals surface area contributed by atoms with Crippen LogP contribution in [-0.4, -0.2) is 56.8 Å². The fourth-order valence-corrected chi connectivity index (χ4v) is 2.25. The van der Waals surface area contributed by atoms with Crippen LogP contribution in [0.1, 0.15) is 12.0 Å². The number of hydrogen-bond donors (Lipinski definition) is 1. The number of morpholine rings is 1. The van der Waals surface area contributed by atoms with Crippen molar-refractivity contribution in [1.29, 1.82) is 0 Å². The lowest BCUT2D eigenvalue weighted by molar-refractivity contribution is -0.131. The number of nitrogens with one attached hydrogen (secondary N) is 1. The molecule has 0 spiro atoms. The van der Waals surface area contributed by atoms with Gasteiger partial charge in [0, 0.05) is 26.1 Å². The molecule has 1 saturated heterocycles. The minimum absolute atomic E-state index is 0.117. The average Bonchev–Trinajstić information content (AvgIpc) is 2.48. The van der Waals surface area contributed by atoms with Crippen molar-refractivity contribution in [1.82, 2.24) is 10.2 Å². The predicted molar refractivity (Wildman–Crippen MR) is 81.5 cm³/mol. The molecule has 0 bridgehead atoms. The van der Waals surface area contributed by atoms with Gasteiger partial charge in [-0.3, -0.25) is 4.79 Å². The molecule has 0 aliphatic carbocycles. The molecule has 21 heavy (non-hydrogen) atoms. The van der Waals surface area contributed by atoms with E-state index in [1.54, 1.807) is 4.90 Å². The van der Waals surface area contributed by atoms with Gasteiger partial charge in [-0.1, -0.05) is 12.1 Å². The summed E-state index contributed by atoms with van der Waals surface area (Å²) >= 11 is 0. The van der Waals surface area contributed by atoms with Crippen molar-refractivity contribution in [3.8, 4) is 5.75 Å². The first-order valence-corrected chi connectivity index (χ1v) is 7.39. The first-order chi connectivity index (χ1) is 10.1. The molecule has 0 saturated carbocycles. The zero-order valence-corrected chi connectivity index (χ0v) is 12.8. The molecule has 1 unspecified atom stereocenters. The molecule has 2 rings (SSSR count). The van der Waals surface area contributed by atoms with Crippen LogP contribution >= 0.6 is 0 Å². The highest BCUT2D eigenvalue weighted by Crippen LogP contribution is 2.12. The van der Waals surface area contributed by atoms with Crippen LogP contribution in [0.5, 0.6) is 5.75 Å². The van der Waals surface area contributed by atoms with Gasteiger partial charge in [0.1, 0.15) is 12.4 Å². The number of hydrogen-bond acceptors (Lipinski definition) is 4. The summed E-state index contributed by atoms with van der Waals surface area (Å²) in [6.45, 7) is 5.27. The van der Waals surface area contributed by atoms with E-state index in [0.717, 1.165) is 18.9 Å². The summed E-state index contributed by atoms with van der Waals surface area (Å²) in [5, 5.41) is 3.29. The highest BCUT2D eigenvalue weighted by atomic mass is 16.5. The monoisotopic (exact) mass is 292 g/mol. The van der Waals surface area contributed by atoms with E-state index in [0.29, 0.717) is 26.2 Å². The molecule has 1 aromatic carbocycles. The minimum Gasteiger partial charge on any atom is -0.492 e. The Labute approximate surface area is 126 Å². The zero-order chi connectivity index (χ0) is 15.1. The van der Waals surface area contributed by atoms with Gasteiger partial charge < -0.3 is 19.7 Å². The van der Waals surface area contributed by atoms with E-state index in [4.69, 9.17) is 9.47 Å². The van der Waals surface area contributed by atoms with E-state index in [-0.39, 0.29) is 11.9 Å². The number of carbonyl (C=O) groups is 1.